The van der Waals surface area contributed by atoms with Gasteiger partial charge in [0.25, 0.3) is 11.6 Å². The largest absolute Gasteiger partial charge is 0.496 e. The van der Waals surface area contributed by atoms with E-state index in [-0.39, 0.29) is 52.6 Å². The highest BCUT2D eigenvalue weighted by molar-refractivity contribution is 9.10. The van der Waals surface area contributed by atoms with Crippen molar-refractivity contribution in [3.63, 3.8) is 0 Å². The van der Waals surface area contributed by atoms with E-state index in [1.165, 1.54) is 24.1 Å². The second kappa shape index (κ2) is 8.15. The Balaban J connectivity index is 2.52. The molecule has 1 amide bonds. The van der Waals surface area contributed by atoms with Gasteiger partial charge in [-0.3, -0.25) is 14.9 Å². The van der Waals surface area contributed by atoms with Crippen LogP contribution >= 0.6 is 15.9 Å². The summed E-state index contributed by atoms with van der Waals surface area (Å²) in [4.78, 5) is 36.5. The van der Waals surface area contributed by atoms with Gasteiger partial charge in [-0.05, 0) is 22.0 Å². The average molecular weight is 430 g/mol. The molecule has 1 aliphatic rings. The zero-order valence-corrected chi connectivity index (χ0v) is 15.5. The highest BCUT2D eigenvalue weighted by Crippen LogP contribution is 2.38. The molecular formula is C15H16BrN3O7. The molecule has 0 bridgehead atoms. The first kappa shape index (κ1) is 19.7. The molecule has 1 heterocycles. The van der Waals surface area contributed by atoms with E-state index in [2.05, 4.69) is 26.0 Å². The van der Waals surface area contributed by atoms with Gasteiger partial charge in [0, 0.05) is 6.54 Å². The van der Waals surface area contributed by atoms with Gasteiger partial charge >= 0.3 is 5.97 Å². The molecule has 10 nitrogen and oxygen atoms in total. The third kappa shape index (κ3) is 3.78. The van der Waals surface area contributed by atoms with Gasteiger partial charge in [0.05, 0.1) is 48.4 Å². The molecule has 0 aliphatic carbocycles. The van der Waals surface area contributed by atoms with Crippen LogP contribution in [-0.4, -0.2) is 60.7 Å². The number of hydrogen-bond acceptors (Lipinski definition) is 8. The summed E-state index contributed by atoms with van der Waals surface area (Å²) < 4.78 is 9.96. The predicted molar refractivity (Wildman–Crippen MR) is 93.7 cm³/mol. The fraction of sp³-hybridized carbons (Fsp3) is 0.333. The number of anilines is 1. The van der Waals surface area contributed by atoms with Crippen molar-refractivity contribution in [1.82, 2.24) is 4.90 Å². The second-order valence-electron chi connectivity index (χ2n) is 5.18. The first-order chi connectivity index (χ1) is 12.3. The Labute approximate surface area is 156 Å². The molecule has 0 radical (unpaired) electrons. The number of hydrogen-bond donors (Lipinski definition) is 2. The normalized spacial score (nSPS) is 13.8. The van der Waals surface area contributed by atoms with Crippen molar-refractivity contribution in [2.45, 2.75) is 0 Å². The van der Waals surface area contributed by atoms with Gasteiger partial charge in [-0.15, -0.1) is 0 Å². The van der Waals surface area contributed by atoms with Crippen LogP contribution in [0.4, 0.5) is 11.4 Å². The molecule has 0 saturated heterocycles. The number of amides is 1. The van der Waals surface area contributed by atoms with E-state index < -0.39 is 16.8 Å². The van der Waals surface area contributed by atoms with Gasteiger partial charge in [0.1, 0.15) is 17.1 Å². The lowest BCUT2D eigenvalue weighted by molar-refractivity contribution is -0.384. The number of methoxy groups -OCH3 is 2. The number of nitrogens with zero attached hydrogens (tertiary/aromatic N) is 2. The number of nitrogens with one attached hydrogen (secondary N) is 1. The zero-order valence-electron chi connectivity index (χ0n) is 13.9. The number of β-amino-alcohol motifs (C(OH)–C–C–N with tert-alkyl or cyclic N) is 1. The number of nitro groups is 1. The van der Waals surface area contributed by atoms with E-state index in [0.717, 1.165) is 7.11 Å². The molecule has 1 aliphatic heterocycles. The van der Waals surface area contributed by atoms with Crippen molar-refractivity contribution in [1.29, 1.82) is 0 Å². The molecule has 0 unspecified atom stereocenters. The standard InChI is InChI=1S/C15H16BrN3O7/c1-25-8-5-10(16)13(11(6-8)19(23)24)17-12-9(15(22)26-2)7-18(3-4-20)14(12)21/h5-6,17,20H,3-4,7H2,1-2H3. The van der Waals surface area contributed by atoms with Crippen molar-refractivity contribution in [3.8, 4) is 5.75 Å². The number of esters is 1. The molecule has 0 atom stereocenters. The van der Waals surface area contributed by atoms with Gasteiger partial charge in [0.15, 0.2) is 0 Å². The van der Waals surface area contributed by atoms with Crippen molar-refractivity contribution >= 4 is 39.2 Å². The van der Waals surface area contributed by atoms with Crippen LogP contribution < -0.4 is 10.1 Å². The van der Waals surface area contributed by atoms with Crippen LogP contribution in [0.15, 0.2) is 27.9 Å². The smallest absolute Gasteiger partial charge is 0.337 e. The van der Waals surface area contributed by atoms with Crippen LogP contribution in [-0.2, 0) is 14.3 Å². The van der Waals surface area contributed by atoms with Crippen LogP contribution in [0.5, 0.6) is 5.75 Å². The summed E-state index contributed by atoms with van der Waals surface area (Å²) in [7, 11) is 2.53. The topological polar surface area (TPSA) is 131 Å². The summed E-state index contributed by atoms with van der Waals surface area (Å²) in [5, 5.41) is 23.1. The van der Waals surface area contributed by atoms with Gasteiger partial charge in [-0.2, -0.15) is 0 Å². The molecule has 1 aromatic carbocycles. The Morgan fingerprint density at radius 1 is 1.46 bits per heavy atom. The molecule has 2 N–H and O–H groups in total. The molecule has 0 saturated carbocycles. The summed E-state index contributed by atoms with van der Waals surface area (Å²) in [6.07, 6.45) is 0. The lowest BCUT2D eigenvalue weighted by Crippen LogP contribution is -2.31. The van der Waals surface area contributed by atoms with E-state index in [1.54, 1.807) is 0 Å². The SMILES string of the molecule is COC(=O)C1=C(Nc2c(Br)cc(OC)cc2[N+](=O)[O-])C(=O)N(CCO)C1. The number of carbonyl (C=O) groups excluding carboxylic acids is 2. The van der Waals surface area contributed by atoms with Crippen molar-refractivity contribution < 1.29 is 29.1 Å². The number of nitro benzene ring substituents is 1. The van der Waals surface area contributed by atoms with Crippen molar-refractivity contribution in [3.05, 3.63) is 38.0 Å². The Morgan fingerprint density at radius 3 is 2.69 bits per heavy atom. The predicted octanol–water partition coefficient (Wildman–Crippen LogP) is 1.04. The molecule has 26 heavy (non-hydrogen) atoms. The Hall–Kier alpha value is -2.66. The number of ether oxygens (including phenoxy) is 2. The van der Waals surface area contributed by atoms with Gasteiger partial charge in [-0.25, -0.2) is 4.79 Å². The highest BCUT2D eigenvalue weighted by atomic mass is 79.9. The van der Waals surface area contributed by atoms with E-state index in [0.29, 0.717) is 0 Å². The van der Waals surface area contributed by atoms with Crippen LogP contribution in [0, 0.1) is 10.1 Å². The average Bonchev–Trinajstić information content (AvgIpc) is 2.92. The Kier molecular flexibility index (Phi) is 6.16. The van der Waals surface area contributed by atoms with Gasteiger partial charge in [-0.1, -0.05) is 0 Å². The molecule has 2 rings (SSSR count). The minimum atomic E-state index is -0.742. The minimum absolute atomic E-state index is 0.00796. The third-order valence-corrected chi connectivity index (χ3v) is 4.30. The maximum absolute atomic E-state index is 12.5. The van der Waals surface area contributed by atoms with Crippen molar-refractivity contribution in [2.24, 2.45) is 0 Å². The van der Waals surface area contributed by atoms with E-state index in [9.17, 15) is 19.7 Å². The highest BCUT2D eigenvalue weighted by Gasteiger charge is 2.36. The minimum Gasteiger partial charge on any atom is -0.496 e. The van der Waals surface area contributed by atoms with E-state index >= 15 is 0 Å². The third-order valence-electron chi connectivity index (χ3n) is 3.68. The summed E-state index contributed by atoms with van der Waals surface area (Å²) in [5.74, 6) is -1.07. The number of halogens is 1. The maximum Gasteiger partial charge on any atom is 0.337 e. The fourth-order valence-electron chi connectivity index (χ4n) is 2.43. The molecule has 1 aromatic rings. The van der Waals surface area contributed by atoms with Gasteiger partial charge in [0.2, 0.25) is 0 Å². The number of aliphatic hydroxyl groups excluding tert-OH is 1. The number of carbonyl (C=O) groups is 2. The summed E-state index contributed by atoms with van der Waals surface area (Å²) in [5.41, 5.74) is -0.477. The molecular weight excluding hydrogens is 414 g/mol. The summed E-state index contributed by atoms with van der Waals surface area (Å²) in [6, 6.07) is 2.68. The van der Waals surface area contributed by atoms with Crippen LogP contribution in [0.25, 0.3) is 0 Å². The van der Waals surface area contributed by atoms with Crippen LogP contribution in [0.3, 0.4) is 0 Å². The zero-order chi connectivity index (χ0) is 19.4. The molecule has 0 aromatic heterocycles. The van der Waals surface area contributed by atoms with Crippen LogP contribution in [0.2, 0.25) is 0 Å². The van der Waals surface area contributed by atoms with Gasteiger partial charge < -0.3 is 24.8 Å². The monoisotopic (exact) mass is 429 g/mol. The first-order valence-electron chi connectivity index (χ1n) is 7.34. The Bertz CT molecular complexity index is 794. The summed E-state index contributed by atoms with van der Waals surface area (Å²) >= 11 is 3.20. The Morgan fingerprint density at radius 2 is 2.15 bits per heavy atom. The quantitative estimate of drug-likeness (QED) is 0.373. The number of benzene rings is 1. The number of rotatable bonds is 7. The maximum atomic E-state index is 12.5. The lowest BCUT2D eigenvalue weighted by atomic mass is 10.2. The number of aliphatic hydroxyl groups is 1. The fourth-order valence-corrected chi connectivity index (χ4v) is 2.96. The second-order valence-corrected chi connectivity index (χ2v) is 6.04. The lowest BCUT2D eigenvalue weighted by Gasteiger charge is -2.15. The molecule has 11 heteroatoms. The first-order valence-corrected chi connectivity index (χ1v) is 8.13. The van der Waals surface area contributed by atoms with E-state index in [4.69, 9.17) is 9.84 Å². The van der Waals surface area contributed by atoms with Crippen LogP contribution in [0.1, 0.15) is 0 Å². The molecule has 0 fully saturated rings. The van der Waals surface area contributed by atoms with Crippen molar-refractivity contribution in [2.75, 3.05) is 39.2 Å². The molecule has 140 valence electrons. The molecule has 0 spiro atoms. The summed E-state index contributed by atoms with van der Waals surface area (Å²) in [6.45, 7) is -0.355. The van der Waals surface area contributed by atoms with E-state index in [1.807, 2.05) is 0 Å².